The summed E-state index contributed by atoms with van der Waals surface area (Å²) < 4.78 is 5.84. The average molecular weight is 442 g/mol. The molecule has 1 aromatic carbocycles. The van der Waals surface area contributed by atoms with Crippen LogP contribution in [0.15, 0.2) is 36.0 Å². The summed E-state index contributed by atoms with van der Waals surface area (Å²) in [4.78, 5) is 36.3. The first-order chi connectivity index (χ1) is 15.0. The maximum Gasteiger partial charge on any atom is 0.317 e. The summed E-state index contributed by atoms with van der Waals surface area (Å²) >= 11 is 1.57. The predicted molar refractivity (Wildman–Crippen MR) is 120 cm³/mol. The normalized spacial score (nSPS) is 16.3. The Morgan fingerprint density at radius 2 is 2.26 bits per heavy atom. The van der Waals surface area contributed by atoms with E-state index in [4.69, 9.17) is 4.74 Å². The number of aromatic nitrogens is 2. The first-order valence-corrected chi connectivity index (χ1v) is 11.3. The number of H-pyrrole nitrogens is 1. The molecule has 0 radical (unpaired) electrons. The molecular formula is C22H27N5O3S. The number of carbonyl (C=O) groups is 2. The maximum atomic E-state index is 12.6. The van der Waals surface area contributed by atoms with Gasteiger partial charge in [0.25, 0.3) is 0 Å². The molecule has 0 aliphatic carbocycles. The Labute approximate surface area is 185 Å². The number of fused-ring (bicyclic) bond motifs is 1. The lowest BCUT2D eigenvalue weighted by molar-refractivity contribution is -0.130. The molecule has 1 aliphatic rings. The highest BCUT2D eigenvalue weighted by Gasteiger charge is 2.27. The molecule has 1 saturated heterocycles. The van der Waals surface area contributed by atoms with Crippen molar-refractivity contribution in [2.75, 3.05) is 20.1 Å². The minimum Gasteiger partial charge on any atom is -0.488 e. The average Bonchev–Trinajstić information content (AvgIpc) is 3.44. The van der Waals surface area contributed by atoms with Crippen molar-refractivity contribution >= 4 is 34.2 Å². The van der Waals surface area contributed by atoms with E-state index in [1.807, 2.05) is 29.2 Å². The number of carbonyl (C=O) groups excluding carboxylic acids is 2. The van der Waals surface area contributed by atoms with Gasteiger partial charge in [0.1, 0.15) is 12.4 Å². The number of hydrogen-bond acceptors (Lipinski definition) is 5. The minimum absolute atomic E-state index is 0.0404. The van der Waals surface area contributed by atoms with E-state index in [2.05, 4.69) is 15.3 Å². The second-order valence-corrected chi connectivity index (χ2v) is 8.80. The van der Waals surface area contributed by atoms with Gasteiger partial charge in [-0.2, -0.15) is 0 Å². The molecule has 31 heavy (non-hydrogen) atoms. The van der Waals surface area contributed by atoms with Crippen LogP contribution in [0.3, 0.4) is 0 Å². The Balaban J connectivity index is 1.32. The van der Waals surface area contributed by atoms with E-state index < -0.39 is 0 Å². The fourth-order valence-corrected chi connectivity index (χ4v) is 4.34. The van der Waals surface area contributed by atoms with Crippen LogP contribution in [0.25, 0.3) is 10.9 Å². The summed E-state index contributed by atoms with van der Waals surface area (Å²) in [5.74, 6) is 0.845. The van der Waals surface area contributed by atoms with Gasteiger partial charge >= 0.3 is 6.03 Å². The maximum absolute atomic E-state index is 12.6. The second kappa shape index (κ2) is 9.38. The summed E-state index contributed by atoms with van der Waals surface area (Å²) in [6.45, 7) is 3.84. The summed E-state index contributed by atoms with van der Waals surface area (Å²) in [5, 5.41) is 4.04. The quantitative estimate of drug-likeness (QED) is 0.614. The third-order valence-electron chi connectivity index (χ3n) is 5.65. The fourth-order valence-electron chi connectivity index (χ4n) is 3.84. The van der Waals surface area contributed by atoms with Gasteiger partial charge in [0.2, 0.25) is 5.91 Å². The Bertz CT molecular complexity index is 1050. The smallest absolute Gasteiger partial charge is 0.317 e. The Hall–Kier alpha value is -3.07. The number of likely N-dealkylation sites (N-methyl/N-ethyl adjacent to an activating group) is 1. The van der Waals surface area contributed by atoms with E-state index in [0.717, 1.165) is 46.6 Å². The molecule has 1 aliphatic heterocycles. The van der Waals surface area contributed by atoms with Gasteiger partial charge in [-0.1, -0.05) is 0 Å². The lowest BCUT2D eigenvalue weighted by Crippen LogP contribution is -2.52. The zero-order valence-electron chi connectivity index (χ0n) is 17.8. The van der Waals surface area contributed by atoms with Crippen LogP contribution in [-0.4, -0.2) is 57.9 Å². The molecule has 3 amide bonds. The van der Waals surface area contributed by atoms with E-state index in [0.29, 0.717) is 19.7 Å². The van der Waals surface area contributed by atoms with Crippen molar-refractivity contribution in [3.05, 3.63) is 46.5 Å². The molecule has 0 saturated carbocycles. The van der Waals surface area contributed by atoms with Crippen LogP contribution in [0, 0.1) is 0 Å². The molecule has 3 aromatic rings. The number of piperidine rings is 1. The summed E-state index contributed by atoms with van der Waals surface area (Å²) in [7, 11) is 1.79. The van der Waals surface area contributed by atoms with E-state index in [9.17, 15) is 9.59 Å². The molecule has 1 fully saturated rings. The number of hydrogen-bond donors (Lipinski definition) is 2. The van der Waals surface area contributed by atoms with Crippen LogP contribution in [0.4, 0.5) is 4.79 Å². The van der Waals surface area contributed by atoms with Crippen molar-refractivity contribution in [1.82, 2.24) is 25.1 Å². The molecule has 9 heteroatoms. The highest BCUT2D eigenvalue weighted by Crippen LogP contribution is 2.23. The first kappa shape index (κ1) is 21.2. The van der Waals surface area contributed by atoms with Crippen molar-refractivity contribution in [3.63, 3.8) is 0 Å². The third kappa shape index (κ3) is 5.16. The van der Waals surface area contributed by atoms with Crippen molar-refractivity contribution in [2.45, 2.75) is 39.0 Å². The molecule has 164 valence electrons. The van der Waals surface area contributed by atoms with Gasteiger partial charge < -0.3 is 24.8 Å². The monoisotopic (exact) mass is 441 g/mol. The molecule has 8 nitrogen and oxygen atoms in total. The van der Waals surface area contributed by atoms with E-state index in [1.165, 1.54) is 0 Å². The van der Waals surface area contributed by atoms with Crippen molar-refractivity contribution in [3.8, 4) is 5.75 Å². The number of amides is 3. The zero-order chi connectivity index (χ0) is 21.8. The van der Waals surface area contributed by atoms with Crippen LogP contribution in [-0.2, 0) is 17.9 Å². The SMILES string of the molecule is CC(=O)N1CCC[C@@H](N(C)C(=O)NCc2cc3ccc(OCc4cncs4)cc3[nH]2)C1. The molecule has 0 spiro atoms. The lowest BCUT2D eigenvalue weighted by Gasteiger charge is -2.37. The van der Waals surface area contributed by atoms with Crippen LogP contribution >= 0.6 is 11.3 Å². The van der Waals surface area contributed by atoms with Crippen molar-refractivity contribution < 1.29 is 14.3 Å². The number of rotatable bonds is 6. The molecule has 0 unspecified atom stereocenters. The van der Waals surface area contributed by atoms with Crippen LogP contribution in [0.5, 0.6) is 5.75 Å². The number of thiazole rings is 1. The van der Waals surface area contributed by atoms with E-state index >= 15 is 0 Å². The molecule has 2 N–H and O–H groups in total. The van der Waals surface area contributed by atoms with Crippen LogP contribution in [0.2, 0.25) is 0 Å². The van der Waals surface area contributed by atoms with E-state index in [1.54, 1.807) is 41.9 Å². The standard InChI is InChI=1S/C22H27N5O3S/c1-15(28)27-7-3-4-18(12-27)26(2)22(29)24-10-17-8-16-5-6-19(9-21(16)25-17)30-13-20-11-23-14-31-20/h5-6,8-9,11,14,18,25H,3-4,7,10,12-13H2,1-2H3,(H,24,29)/t18-/m1/s1. The van der Waals surface area contributed by atoms with Gasteiger partial charge in [-0.25, -0.2) is 4.79 Å². The summed E-state index contributed by atoms with van der Waals surface area (Å²) in [5.41, 5.74) is 3.67. The zero-order valence-corrected chi connectivity index (χ0v) is 18.6. The van der Waals surface area contributed by atoms with E-state index in [-0.39, 0.29) is 18.0 Å². The second-order valence-electron chi connectivity index (χ2n) is 7.83. The number of nitrogens with one attached hydrogen (secondary N) is 2. The Morgan fingerprint density at radius 1 is 1.39 bits per heavy atom. The van der Waals surface area contributed by atoms with Gasteiger partial charge in [0, 0.05) is 50.5 Å². The van der Waals surface area contributed by atoms with Gasteiger partial charge in [0.05, 0.1) is 23.0 Å². The Kier molecular flexibility index (Phi) is 6.41. The molecular weight excluding hydrogens is 414 g/mol. The molecule has 1 atom stereocenters. The minimum atomic E-state index is -0.136. The van der Waals surface area contributed by atoms with Crippen LogP contribution < -0.4 is 10.1 Å². The van der Waals surface area contributed by atoms with Crippen LogP contribution in [0.1, 0.15) is 30.3 Å². The number of ether oxygens (including phenoxy) is 1. The number of aromatic amines is 1. The molecule has 4 rings (SSSR count). The summed E-state index contributed by atoms with van der Waals surface area (Å²) in [6, 6.07) is 7.84. The lowest BCUT2D eigenvalue weighted by atomic mass is 10.0. The highest BCUT2D eigenvalue weighted by molar-refractivity contribution is 7.09. The number of urea groups is 1. The molecule has 2 aromatic heterocycles. The van der Waals surface area contributed by atoms with Crippen molar-refractivity contribution in [2.24, 2.45) is 0 Å². The van der Waals surface area contributed by atoms with Gasteiger partial charge in [-0.3, -0.25) is 9.78 Å². The molecule has 3 heterocycles. The van der Waals surface area contributed by atoms with Gasteiger partial charge in [0.15, 0.2) is 0 Å². The van der Waals surface area contributed by atoms with Gasteiger partial charge in [-0.15, -0.1) is 11.3 Å². The largest absolute Gasteiger partial charge is 0.488 e. The Morgan fingerprint density at radius 3 is 3.03 bits per heavy atom. The summed E-state index contributed by atoms with van der Waals surface area (Å²) in [6.07, 6.45) is 3.63. The predicted octanol–water partition coefficient (Wildman–Crippen LogP) is 3.36. The highest BCUT2D eigenvalue weighted by atomic mass is 32.1. The number of likely N-dealkylation sites (tertiary alicyclic amines) is 1. The first-order valence-electron chi connectivity index (χ1n) is 10.4. The number of nitrogens with zero attached hydrogens (tertiary/aromatic N) is 3. The van der Waals surface area contributed by atoms with Gasteiger partial charge in [-0.05, 0) is 36.4 Å². The molecule has 0 bridgehead atoms. The van der Waals surface area contributed by atoms with Crippen molar-refractivity contribution in [1.29, 1.82) is 0 Å². The third-order valence-corrected chi connectivity index (χ3v) is 6.41. The topological polar surface area (TPSA) is 90.6 Å². The fraction of sp³-hybridized carbons (Fsp3) is 0.409. The number of benzene rings is 1.